The quantitative estimate of drug-likeness (QED) is 0.0103. The van der Waals surface area contributed by atoms with E-state index in [4.69, 9.17) is 29.0 Å². The highest BCUT2D eigenvalue weighted by atomic mass is 31.3. The van der Waals surface area contributed by atoms with Crippen molar-refractivity contribution in [3.63, 3.8) is 0 Å². The molecule has 7 atom stereocenters. The molecule has 1 aliphatic heterocycles. The number of aromatic nitrogens is 2. The van der Waals surface area contributed by atoms with Crippen LogP contribution in [0.15, 0.2) is 53.5 Å². The minimum absolute atomic E-state index is 0.0223. The molecule has 19 nitrogen and oxygen atoms in total. The van der Waals surface area contributed by atoms with Crippen LogP contribution in [0.2, 0.25) is 0 Å². The molecule has 0 amide bonds. The number of ketones is 1. The van der Waals surface area contributed by atoms with Crippen LogP contribution in [0.5, 0.6) is 0 Å². The smallest absolute Gasteiger partial charge is 0.462 e. The lowest BCUT2D eigenvalue weighted by Gasteiger charge is -2.21. The van der Waals surface area contributed by atoms with Crippen molar-refractivity contribution in [3.8, 4) is 0 Å². The molecule has 1 aliphatic rings. The second-order valence-electron chi connectivity index (χ2n) is 16.6. The summed E-state index contributed by atoms with van der Waals surface area (Å²) in [6.07, 6.45) is 25.0. The summed E-state index contributed by atoms with van der Waals surface area (Å²) in [7, 11) is -10.9. The Morgan fingerprint density at radius 3 is 1.94 bits per heavy atom. The molecule has 0 aliphatic carbocycles. The molecule has 382 valence electrons. The fraction of sp³-hybridized carbons (Fsp3) is 0.717. The van der Waals surface area contributed by atoms with Crippen LogP contribution in [0.1, 0.15) is 168 Å². The SMILES string of the molecule is CCCCCC/C=C\CCCCCCCC(=O)O[C@H](COC(=O)CCCCCCC/C=C\C=C\C(=O)CCCCC)COP(=O)(O)OP(=O)(O)OC[C@H]1O[C@@H](n2ccc(N)nc2=O)[C@H](O)[C@@H]1O. The number of carbonyl (C=O) groups excluding carboxylic acids is 3. The molecule has 21 heteroatoms. The molecule has 1 aromatic heterocycles. The third-order valence-corrected chi connectivity index (χ3v) is 13.3. The monoisotopic (exact) mass is 989 g/mol. The van der Waals surface area contributed by atoms with Crippen molar-refractivity contribution in [3.05, 3.63) is 59.2 Å². The maximum Gasteiger partial charge on any atom is 0.481 e. The van der Waals surface area contributed by atoms with Gasteiger partial charge in [0.15, 0.2) is 18.1 Å². The lowest BCUT2D eigenvalue weighted by molar-refractivity contribution is -0.161. The molecule has 2 unspecified atom stereocenters. The number of phosphoric ester groups is 2. The van der Waals surface area contributed by atoms with Crippen LogP contribution in [0.3, 0.4) is 0 Å². The molecular weight excluding hydrogens is 912 g/mol. The number of ether oxygens (including phenoxy) is 3. The van der Waals surface area contributed by atoms with E-state index in [1.54, 1.807) is 12.2 Å². The number of hydrogen-bond donors (Lipinski definition) is 5. The zero-order valence-electron chi connectivity index (χ0n) is 39.4. The number of nitrogens with two attached hydrogens (primary N) is 1. The van der Waals surface area contributed by atoms with Crippen LogP contribution >= 0.6 is 15.6 Å². The summed E-state index contributed by atoms with van der Waals surface area (Å²) in [6.45, 7) is 1.92. The van der Waals surface area contributed by atoms with Gasteiger partial charge in [0.25, 0.3) is 0 Å². The summed E-state index contributed by atoms with van der Waals surface area (Å²) in [5.41, 5.74) is 4.57. The number of aliphatic hydroxyl groups is 2. The Hall–Kier alpha value is -3.35. The highest BCUT2D eigenvalue weighted by molar-refractivity contribution is 7.61. The van der Waals surface area contributed by atoms with Gasteiger partial charge in [0.1, 0.15) is 30.7 Å². The van der Waals surface area contributed by atoms with Crippen LogP contribution in [0.4, 0.5) is 5.82 Å². The lowest BCUT2D eigenvalue weighted by Crippen LogP contribution is -2.36. The molecule has 2 heterocycles. The minimum Gasteiger partial charge on any atom is -0.462 e. The zero-order chi connectivity index (χ0) is 49.3. The first-order valence-corrected chi connectivity index (χ1v) is 26.9. The van der Waals surface area contributed by atoms with Gasteiger partial charge in [-0.1, -0.05) is 115 Å². The Balaban J connectivity index is 1.84. The largest absolute Gasteiger partial charge is 0.481 e. The topological polar surface area (TPSA) is 283 Å². The number of carbonyl (C=O) groups is 3. The first kappa shape index (κ1) is 59.8. The van der Waals surface area contributed by atoms with Gasteiger partial charge in [-0.2, -0.15) is 9.29 Å². The molecule has 0 bridgehead atoms. The average Bonchev–Trinajstić information content (AvgIpc) is 3.55. The maximum atomic E-state index is 12.8. The summed E-state index contributed by atoms with van der Waals surface area (Å²) in [5, 5.41) is 20.9. The number of nitrogens with zero attached hydrogens (tertiary/aromatic N) is 2. The van der Waals surface area contributed by atoms with Crippen LogP contribution < -0.4 is 11.4 Å². The van der Waals surface area contributed by atoms with Crippen molar-refractivity contribution >= 4 is 39.2 Å². The molecule has 0 aromatic carbocycles. The highest BCUT2D eigenvalue weighted by Gasteiger charge is 2.46. The van der Waals surface area contributed by atoms with E-state index in [0.29, 0.717) is 19.3 Å². The predicted molar refractivity (Wildman–Crippen MR) is 252 cm³/mol. The number of phosphoric acid groups is 2. The average molecular weight is 990 g/mol. The van der Waals surface area contributed by atoms with Gasteiger partial charge in [0.05, 0.1) is 13.2 Å². The second-order valence-corrected chi connectivity index (χ2v) is 19.7. The van der Waals surface area contributed by atoms with Crippen LogP contribution in [0, 0.1) is 0 Å². The van der Waals surface area contributed by atoms with Gasteiger partial charge in [-0.15, -0.1) is 0 Å². The Bertz CT molecular complexity index is 1820. The molecule has 0 radical (unpaired) electrons. The van der Waals surface area contributed by atoms with Gasteiger partial charge in [0.2, 0.25) is 0 Å². The number of aliphatic hydroxyl groups excluding tert-OH is 2. The maximum absolute atomic E-state index is 12.8. The molecule has 0 spiro atoms. The van der Waals surface area contributed by atoms with E-state index in [0.717, 1.165) is 101 Å². The van der Waals surface area contributed by atoms with Crippen molar-refractivity contribution < 1.29 is 71.1 Å². The lowest BCUT2D eigenvalue weighted by atomic mass is 10.1. The van der Waals surface area contributed by atoms with E-state index in [-0.39, 0.29) is 24.4 Å². The number of rotatable bonds is 39. The number of anilines is 1. The van der Waals surface area contributed by atoms with Crippen molar-refractivity contribution in [2.75, 3.05) is 25.6 Å². The standard InChI is InChI=1S/C46H77N3O16P2/c1-3-5-7-8-9-10-11-12-13-16-20-23-27-31-42(52)63-38(34-60-41(51)30-26-22-19-17-14-15-18-21-25-29-37(50)28-24-6-4-2)35-61-66(56,57)65-67(58,59)62-36-39-43(53)44(54)45(64-39)49-33-32-40(47)48-46(49)55/h10-11,18,21,25,29,32-33,38-39,43-45,53-54H,3-9,12-17,19-20,22-24,26-28,30-31,34-36H2,1-2H3,(H,56,57)(H,58,59)(H2,47,48,55)/b11-10-,21-18-,29-25+/t38-,39-,43-,44-,45-/m1/s1. The van der Waals surface area contributed by atoms with Gasteiger partial charge in [-0.25, -0.2) is 13.9 Å². The summed E-state index contributed by atoms with van der Waals surface area (Å²) in [4.78, 5) is 73.5. The van der Waals surface area contributed by atoms with Crippen molar-refractivity contribution in [1.29, 1.82) is 0 Å². The molecule has 1 fully saturated rings. The summed E-state index contributed by atoms with van der Waals surface area (Å²) >= 11 is 0. The molecule has 2 rings (SSSR count). The van der Waals surface area contributed by atoms with Gasteiger partial charge in [-0.3, -0.25) is 28.0 Å². The summed E-state index contributed by atoms with van der Waals surface area (Å²) in [5.74, 6) is -1.24. The number of allylic oxidation sites excluding steroid dienone is 6. The summed E-state index contributed by atoms with van der Waals surface area (Å²) in [6, 6.07) is 1.24. The number of nitrogen functional groups attached to an aromatic ring is 1. The van der Waals surface area contributed by atoms with E-state index in [9.17, 15) is 48.3 Å². The van der Waals surface area contributed by atoms with Crippen molar-refractivity contribution in [2.45, 2.75) is 192 Å². The fourth-order valence-corrected chi connectivity index (χ4v) is 8.99. The predicted octanol–water partition coefficient (Wildman–Crippen LogP) is 8.40. The van der Waals surface area contributed by atoms with Crippen LogP contribution in [0.25, 0.3) is 0 Å². The third-order valence-electron chi connectivity index (χ3n) is 10.7. The van der Waals surface area contributed by atoms with E-state index in [2.05, 4.69) is 35.3 Å². The molecule has 1 aromatic rings. The van der Waals surface area contributed by atoms with Crippen molar-refractivity contribution in [2.24, 2.45) is 0 Å². The number of esters is 2. The molecule has 0 saturated carbocycles. The fourth-order valence-electron chi connectivity index (χ4n) is 6.88. The Labute approximate surface area is 395 Å². The Kier molecular flexibility index (Phi) is 31.1. The molecule has 6 N–H and O–H groups in total. The van der Waals surface area contributed by atoms with Crippen molar-refractivity contribution in [1.82, 2.24) is 9.55 Å². The third kappa shape index (κ3) is 28.0. The van der Waals surface area contributed by atoms with Gasteiger partial charge >= 0.3 is 33.3 Å². The first-order chi connectivity index (χ1) is 32.1. The zero-order valence-corrected chi connectivity index (χ0v) is 41.2. The Morgan fingerprint density at radius 2 is 1.30 bits per heavy atom. The molecular formula is C46H77N3O16P2. The van der Waals surface area contributed by atoms with Crippen LogP contribution in [-0.4, -0.2) is 91.5 Å². The van der Waals surface area contributed by atoms with E-state index >= 15 is 0 Å². The van der Waals surface area contributed by atoms with E-state index in [1.807, 2.05) is 12.2 Å². The van der Waals surface area contributed by atoms with Gasteiger partial charge in [0, 0.05) is 25.5 Å². The summed E-state index contributed by atoms with van der Waals surface area (Å²) < 4.78 is 56.6. The molecule has 67 heavy (non-hydrogen) atoms. The molecule has 1 saturated heterocycles. The van der Waals surface area contributed by atoms with E-state index in [1.165, 1.54) is 31.7 Å². The number of hydrogen-bond acceptors (Lipinski definition) is 16. The Morgan fingerprint density at radius 1 is 0.746 bits per heavy atom. The first-order valence-electron chi connectivity index (χ1n) is 24.0. The van der Waals surface area contributed by atoms with E-state index < -0.39 is 83.7 Å². The minimum atomic E-state index is -5.44. The normalized spacial score (nSPS) is 19.8. The number of unbranched alkanes of at least 4 members (excludes halogenated alkanes) is 16. The van der Waals surface area contributed by atoms with Crippen LogP contribution in [-0.2, 0) is 51.1 Å². The van der Waals surface area contributed by atoms with Gasteiger partial charge < -0.3 is 39.9 Å². The highest BCUT2D eigenvalue weighted by Crippen LogP contribution is 2.60. The second kappa shape index (κ2) is 34.9. The van der Waals surface area contributed by atoms with Gasteiger partial charge in [-0.05, 0) is 69.9 Å².